The third kappa shape index (κ3) is 3.01. The highest BCUT2D eigenvalue weighted by Gasteiger charge is 2.13. The molecule has 94 valence electrons. The van der Waals surface area contributed by atoms with Crippen LogP contribution in [0.1, 0.15) is 17.2 Å². The van der Waals surface area contributed by atoms with Gasteiger partial charge in [-0.25, -0.2) is 0 Å². The van der Waals surface area contributed by atoms with Gasteiger partial charge in [0.15, 0.2) is 0 Å². The number of nitrogen functional groups attached to an aromatic ring is 1. The zero-order chi connectivity index (χ0) is 13.0. The Balaban J connectivity index is 2.23. The van der Waals surface area contributed by atoms with Gasteiger partial charge in [-0.05, 0) is 35.7 Å². The van der Waals surface area contributed by atoms with Gasteiger partial charge in [-0.2, -0.15) is 0 Å². The molecule has 0 aliphatic heterocycles. The zero-order valence-electron chi connectivity index (χ0n) is 9.94. The largest absolute Gasteiger partial charge is 0.398 e. The Hall–Kier alpha value is -1.55. The van der Waals surface area contributed by atoms with Gasteiger partial charge in [0.05, 0.1) is 6.04 Å². The quantitative estimate of drug-likeness (QED) is 0.450. The van der Waals surface area contributed by atoms with Gasteiger partial charge in [0.2, 0.25) is 0 Å². The van der Waals surface area contributed by atoms with Crippen LogP contribution in [-0.4, -0.2) is 0 Å². The van der Waals surface area contributed by atoms with Gasteiger partial charge in [-0.1, -0.05) is 41.9 Å². The molecule has 0 fully saturated rings. The van der Waals surface area contributed by atoms with Crippen LogP contribution in [0.4, 0.5) is 5.69 Å². The number of nitrogens with two attached hydrogens (primary N) is 2. The van der Waals surface area contributed by atoms with Gasteiger partial charge in [-0.3, -0.25) is 11.3 Å². The van der Waals surface area contributed by atoms with Gasteiger partial charge >= 0.3 is 0 Å². The lowest BCUT2D eigenvalue weighted by Crippen LogP contribution is -2.30. The summed E-state index contributed by atoms with van der Waals surface area (Å²) in [6.45, 7) is 0. The summed E-state index contributed by atoms with van der Waals surface area (Å²) >= 11 is 5.97. The molecule has 1 atom stereocenters. The van der Waals surface area contributed by atoms with Crippen LogP contribution in [0.5, 0.6) is 0 Å². The van der Waals surface area contributed by atoms with Gasteiger partial charge < -0.3 is 5.73 Å². The molecule has 0 radical (unpaired) electrons. The zero-order valence-corrected chi connectivity index (χ0v) is 10.7. The average Bonchev–Trinajstić information content (AvgIpc) is 2.37. The fourth-order valence-corrected chi connectivity index (χ4v) is 2.20. The van der Waals surface area contributed by atoms with Crippen LogP contribution in [0.15, 0.2) is 48.5 Å². The number of hydrogen-bond donors (Lipinski definition) is 3. The predicted octanol–water partition coefficient (Wildman–Crippen LogP) is 2.67. The number of para-hydroxylation sites is 1. The number of halogens is 1. The van der Waals surface area contributed by atoms with Crippen molar-refractivity contribution in [3.05, 3.63) is 64.7 Å². The average molecular weight is 262 g/mol. The summed E-state index contributed by atoms with van der Waals surface area (Å²) in [6, 6.07) is 15.4. The summed E-state index contributed by atoms with van der Waals surface area (Å²) in [4.78, 5) is 0. The molecule has 2 aromatic rings. The maximum atomic E-state index is 5.97. The number of benzene rings is 2. The lowest BCUT2D eigenvalue weighted by atomic mass is 9.98. The van der Waals surface area contributed by atoms with E-state index in [4.69, 9.17) is 23.2 Å². The van der Waals surface area contributed by atoms with E-state index in [1.54, 1.807) is 0 Å². The Morgan fingerprint density at radius 2 is 1.89 bits per heavy atom. The van der Waals surface area contributed by atoms with E-state index in [-0.39, 0.29) is 6.04 Å². The lowest BCUT2D eigenvalue weighted by molar-refractivity contribution is 0.553. The van der Waals surface area contributed by atoms with Crippen molar-refractivity contribution in [3.8, 4) is 0 Å². The second-order valence-electron chi connectivity index (χ2n) is 4.18. The molecule has 0 aliphatic carbocycles. The van der Waals surface area contributed by atoms with Crippen LogP contribution in [0.25, 0.3) is 0 Å². The van der Waals surface area contributed by atoms with Crippen molar-refractivity contribution in [2.24, 2.45) is 5.84 Å². The van der Waals surface area contributed by atoms with E-state index in [0.717, 1.165) is 28.3 Å². The van der Waals surface area contributed by atoms with Crippen LogP contribution in [0.3, 0.4) is 0 Å². The van der Waals surface area contributed by atoms with Crippen molar-refractivity contribution in [1.82, 2.24) is 5.43 Å². The first kappa shape index (κ1) is 12.9. The molecule has 3 nitrogen and oxygen atoms in total. The standard InChI is InChI=1S/C14H16ClN3/c15-11-5-3-4-10(8-11)9-14(18-17)12-6-1-2-7-13(12)16/h1-8,14,18H,9,16-17H2. The molecule has 0 bridgehead atoms. The van der Waals surface area contributed by atoms with Crippen LogP contribution in [0.2, 0.25) is 5.02 Å². The van der Waals surface area contributed by atoms with E-state index in [9.17, 15) is 0 Å². The monoisotopic (exact) mass is 261 g/mol. The summed E-state index contributed by atoms with van der Waals surface area (Å²) in [5.41, 5.74) is 11.6. The molecule has 0 heterocycles. The predicted molar refractivity (Wildman–Crippen MR) is 76.1 cm³/mol. The van der Waals surface area contributed by atoms with E-state index >= 15 is 0 Å². The summed E-state index contributed by atoms with van der Waals surface area (Å²) in [7, 11) is 0. The summed E-state index contributed by atoms with van der Waals surface area (Å²) in [6.07, 6.45) is 0.741. The molecule has 18 heavy (non-hydrogen) atoms. The van der Waals surface area contributed by atoms with Gasteiger partial charge in [0, 0.05) is 10.7 Å². The molecule has 0 spiro atoms. The first-order valence-electron chi connectivity index (χ1n) is 5.75. The lowest BCUT2D eigenvalue weighted by Gasteiger charge is -2.18. The number of hydrazine groups is 1. The van der Waals surface area contributed by atoms with Crippen molar-refractivity contribution < 1.29 is 0 Å². The van der Waals surface area contributed by atoms with Crippen molar-refractivity contribution in [2.45, 2.75) is 12.5 Å². The van der Waals surface area contributed by atoms with Crippen molar-refractivity contribution in [2.75, 3.05) is 5.73 Å². The third-order valence-corrected chi connectivity index (χ3v) is 3.14. The Kier molecular flexibility index (Phi) is 4.20. The fourth-order valence-electron chi connectivity index (χ4n) is 1.99. The summed E-state index contributed by atoms with van der Waals surface area (Å²) in [5, 5.41) is 0.726. The van der Waals surface area contributed by atoms with Crippen LogP contribution in [0, 0.1) is 0 Å². The minimum absolute atomic E-state index is 0.0235. The molecular formula is C14H16ClN3. The van der Waals surface area contributed by atoms with E-state index in [1.165, 1.54) is 0 Å². The summed E-state index contributed by atoms with van der Waals surface area (Å²) in [5.74, 6) is 5.62. The molecule has 0 saturated carbocycles. The van der Waals surface area contributed by atoms with E-state index in [1.807, 2.05) is 48.5 Å². The highest BCUT2D eigenvalue weighted by Crippen LogP contribution is 2.24. The SMILES string of the molecule is NNC(Cc1cccc(Cl)c1)c1ccccc1N. The Morgan fingerprint density at radius 3 is 2.56 bits per heavy atom. The first-order valence-corrected chi connectivity index (χ1v) is 6.13. The highest BCUT2D eigenvalue weighted by molar-refractivity contribution is 6.30. The molecule has 0 aliphatic rings. The number of anilines is 1. The van der Waals surface area contributed by atoms with Crippen LogP contribution < -0.4 is 17.0 Å². The molecular weight excluding hydrogens is 246 g/mol. The second-order valence-corrected chi connectivity index (χ2v) is 4.62. The molecule has 2 aromatic carbocycles. The van der Waals surface area contributed by atoms with Gasteiger partial charge in [0.25, 0.3) is 0 Å². The minimum Gasteiger partial charge on any atom is -0.398 e. The smallest absolute Gasteiger partial charge is 0.0520 e. The van der Waals surface area contributed by atoms with Gasteiger partial charge in [0.1, 0.15) is 0 Å². The van der Waals surface area contributed by atoms with Crippen LogP contribution in [-0.2, 0) is 6.42 Å². The molecule has 0 aromatic heterocycles. The minimum atomic E-state index is -0.0235. The molecule has 0 amide bonds. The van der Waals surface area contributed by atoms with Crippen LogP contribution >= 0.6 is 11.6 Å². The molecule has 1 unspecified atom stereocenters. The maximum absolute atomic E-state index is 5.97. The highest BCUT2D eigenvalue weighted by atomic mass is 35.5. The normalized spacial score (nSPS) is 12.3. The van der Waals surface area contributed by atoms with Crippen molar-refractivity contribution in [3.63, 3.8) is 0 Å². The molecule has 5 N–H and O–H groups in total. The molecule has 4 heteroatoms. The Labute approximate surface area is 112 Å². The molecule has 2 rings (SSSR count). The van der Waals surface area contributed by atoms with Crippen molar-refractivity contribution >= 4 is 17.3 Å². The number of rotatable bonds is 4. The number of nitrogens with one attached hydrogen (secondary N) is 1. The summed E-state index contributed by atoms with van der Waals surface area (Å²) < 4.78 is 0. The fraction of sp³-hybridized carbons (Fsp3) is 0.143. The molecule has 0 saturated heterocycles. The second kappa shape index (κ2) is 5.87. The maximum Gasteiger partial charge on any atom is 0.0520 e. The Morgan fingerprint density at radius 1 is 1.11 bits per heavy atom. The van der Waals surface area contributed by atoms with Crippen molar-refractivity contribution in [1.29, 1.82) is 0 Å². The van der Waals surface area contributed by atoms with Gasteiger partial charge in [-0.15, -0.1) is 0 Å². The number of hydrogen-bond acceptors (Lipinski definition) is 3. The van der Waals surface area contributed by atoms with E-state index in [2.05, 4.69) is 5.43 Å². The first-order chi connectivity index (χ1) is 8.70. The van der Waals surface area contributed by atoms with E-state index in [0.29, 0.717) is 0 Å². The van der Waals surface area contributed by atoms with E-state index < -0.39 is 0 Å². The Bertz CT molecular complexity index is 528. The topological polar surface area (TPSA) is 64.1 Å². The third-order valence-electron chi connectivity index (χ3n) is 2.90.